The summed E-state index contributed by atoms with van der Waals surface area (Å²) in [6.07, 6.45) is 1.90. The molecule has 0 radical (unpaired) electrons. The third-order valence-electron chi connectivity index (χ3n) is 2.06. The normalized spacial score (nSPS) is 11.2. The van der Waals surface area contributed by atoms with Gasteiger partial charge in [0.15, 0.2) is 5.96 Å². The lowest BCUT2D eigenvalue weighted by molar-refractivity contribution is 0.933. The first-order valence-electron chi connectivity index (χ1n) is 5.59. The van der Waals surface area contributed by atoms with Crippen LogP contribution >= 0.6 is 11.8 Å². The summed E-state index contributed by atoms with van der Waals surface area (Å²) in [6.45, 7) is 5.13. The van der Waals surface area contributed by atoms with Gasteiger partial charge in [-0.3, -0.25) is 0 Å². The fourth-order valence-corrected chi connectivity index (χ4v) is 1.81. The monoisotopic (exact) mass is 249 g/mol. The van der Waals surface area contributed by atoms with Crippen molar-refractivity contribution in [2.45, 2.75) is 6.54 Å². The van der Waals surface area contributed by atoms with E-state index in [0.29, 0.717) is 12.5 Å². The van der Waals surface area contributed by atoms with E-state index in [1.165, 1.54) is 5.56 Å². The molecule has 17 heavy (non-hydrogen) atoms. The topological polar surface area (TPSA) is 50.4 Å². The Kier molecular flexibility index (Phi) is 6.98. The third kappa shape index (κ3) is 6.68. The van der Waals surface area contributed by atoms with E-state index in [2.05, 4.69) is 16.9 Å². The van der Waals surface area contributed by atoms with Crippen LogP contribution in [-0.2, 0) is 6.54 Å². The van der Waals surface area contributed by atoms with Crippen molar-refractivity contribution in [2.24, 2.45) is 10.7 Å². The summed E-state index contributed by atoms with van der Waals surface area (Å²) in [5, 5.41) is 3.08. The van der Waals surface area contributed by atoms with Gasteiger partial charge in [0.1, 0.15) is 0 Å². The lowest BCUT2D eigenvalue weighted by atomic mass is 10.2. The molecule has 0 aliphatic carbocycles. The summed E-state index contributed by atoms with van der Waals surface area (Å²) in [6, 6.07) is 10.1. The molecule has 3 N–H and O–H groups in total. The minimum absolute atomic E-state index is 0.507. The van der Waals surface area contributed by atoms with Crippen molar-refractivity contribution < 1.29 is 0 Å². The van der Waals surface area contributed by atoms with E-state index in [4.69, 9.17) is 5.73 Å². The third-order valence-corrected chi connectivity index (χ3v) is 3.03. The summed E-state index contributed by atoms with van der Waals surface area (Å²) in [5.74, 6) is 2.49. The highest BCUT2D eigenvalue weighted by atomic mass is 32.2. The number of rotatable bonds is 7. The highest BCUT2D eigenvalue weighted by Gasteiger charge is 1.92. The Bertz CT molecular complexity index is 349. The summed E-state index contributed by atoms with van der Waals surface area (Å²) in [5.41, 5.74) is 6.91. The molecular weight excluding hydrogens is 230 g/mol. The van der Waals surface area contributed by atoms with Crippen molar-refractivity contribution in [3.63, 3.8) is 0 Å². The maximum Gasteiger partial charge on any atom is 0.188 e. The van der Waals surface area contributed by atoms with E-state index in [9.17, 15) is 0 Å². The lowest BCUT2D eigenvalue weighted by Crippen LogP contribution is -2.33. The van der Waals surface area contributed by atoms with Crippen LogP contribution in [0.2, 0.25) is 0 Å². The standard InChI is InChI=1S/C13H19N3S/c1-2-9-17-10-8-15-13(14)16-11-12-6-4-3-5-7-12/h2-7H,1,8-11H2,(H3,14,15,16). The number of nitrogens with one attached hydrogen (secondary N) is 1. The lowest BCUT2D eigenvalue weighted by Gasteiger charge is -2.04. The molecule has 4 heteroatoms. The summed E-state index contributed by atoms with van der Waals surface area (Å²) in [4.78, 5) is 4.27. The second-order valence-electron chi connectivity index (χ2n) is 3.48. The molecule has 0 aromatic heterocycles. The predicted molar refractivity (Wildman–Crippen MR) is 77.3 cm³/mol. The van der Waals surface area contributed by atoms with Crippen LogP contribution in [0.1, 0.15) is 5.56 Å². The van der Waals surface area contributed by atoms with Crippen molar-refractivity contribution in [2.75, 3.05) is 18.1 Å². The Balaban J connectivity index is 2.18. The summed E-state index contributed by atoms with van der Waals surface area (Å²) in [7, 11) is 0. The molecule has 1 aromatic rings. The second kappa shape index (κ2) is 8.70. The Labute approximate surface area is 107 Å². The van der Waals surface area contributed by atoms with Gasteiger partial charge in [-0.15, -0.1) is 6.58 Å². The van der Waals surface area contributed by atoms with Crippen LogP contribution in [0.25, 0.3) is 0 Å². The van der Waals surface area contributed by atoms with E-state index in [-0.39, 0.29) is 0 Å². The van der Waals surface area contributed by atoms with Crippen molar-refractivity contribution >= 4 is 17.7 Å². The SMILES string of the molecule is C=CCSCCNC(N)=NCc1ccccc1. The molecule has 1 aromatic carbocycles. The minimum Gasteiger partial charge on any atom is -0.370 e. The number of aliphatic imine (C=N–C) groups is 1. The number of hydrogen-bond acceptors (Lipinski definition) is 2. The highest BCUT2D eigenvalue weighted by molar-refractivity contribution is 7.99. The number of guanidine groups is 1. The van der Waals surface area contributed by atoms with Gasteiger partial charge in [-0.25, -0.2) is 4.99 Å². The van der Waals surface area contributed by atoms with Gasteiger partial charge in [0.05, 0.1) is 6.54 Å². The Morgan fingerprint density at radius 1 is 1.41 bits per heavy atom. The molecule has 0 aliphatic rings. The maximum atomic E-state index is 5.75. The average molecular weight is 249 g/mol. The summed E-state index contributed by atoms with van der Waals surface area (Å²) >= 11 is 1.82. The number of nitrogens with zero attached hydrogens (tertiary/aromatic N) is 1. The number of nitrogens with two attached hydrogens (primary N) is 1. The minimum atomic E-state index is 0.507. The molecule has 3 nitrogen and oxygen atoms in total. The molecule has 0 amide bonds. The Morgan fingerprint density at radius 2 is 2.18 bits per heavy atom. The molecule has 0 saturated carbocycles. The molecule has 92 valence electrons. The maximum absolute atomic E-state index is 5.75. The van der Waals surface area contributed by atoms with Gasteiger partial charge in [-0.1, -0.05) is 36.4 Å². The number of hydrogen-bond donors (Lipinski definition) is 2. The van der Waals surface area contributed by atoms with E-state index in [1.807, 2.05) is 48.2 Å². The van der Waals surface area contributed by atoms with E-state index in [0.717, 1.165) is 18.1 Å². The fraction of sp³-hybridized carbons (Fsp3) is 0.308. The predicted octanol–water partition coefficient (Wildman–Crippen LogP) is 2.01. The first-order chi connectivity index (χ1) is 8.33. The largest absolute Gasteiger partial charge is 0.370 e. The van der Waals surface area contributed by atoms with Crippen molar-refractivity contribution in [1.29, 1.82) is 0 Å². The van der Waals surface area contributed by atoms with Gasteiger partial charge in [0.2, 0.25) is 0 Å². The van der Waals surface area contributed by atoms with Crippen LogP contribution in [0.4, 0.5) is 0 Å². The first-order valence-corrected chi connectivity index (χ1v) is 6.74. The molecule has 0 spiro atoms. The van der Waals surface area contributed by atoms with Crippen LogP contribution in [0.5, 0.6) is 0 Å². The zero-order valence-corrected chi connectivity index (χ0v) is 10.7. The molecule has 1 rings (SSSR count). The zero-order chi connectivity index (χ0) is 12.3. The first kappa shape index (κ1) is 13.6. The average Bonchev–Trinajstić information content (AvgIpc) is 2.37. The van der Waals surface area contributed by atoms with Crippen molar-refractivity contribution in [3.8, 4) is 0 Å². The van der Waals surface area contributed by atoms with E-state index in [1.54, 1.807) is 0 Å². The van der Waals surface area contributed by atoms with Crippen LogP contribution in [-0.4, -0.2) is 24.0 Å². The van der Waals surface area contributed by atoms with Crippen molar-refractivity contribution in [1.82, 2.24) is 5.32 Å². The van der Waals surface area contributed by atoms with Gasteiger partial charge < -0.3 is 11.1 Å². The van der Waals surface area contributed by atoms with Crippen LogP contribution < -0.4 is 11.1 Å². The van der Waals surface area contributed by atoms with Gasteiger partial charge >= 0.3 is 0 Å². The van der Waals surface area contributed by atoms with E-state index >= 15 is 0 Å². The Morgan fingerprint density at radius 3 is 2.88 bits per heavy atom. The molecule has 0 unspecified atom stereocenters. The molecule has 0 bridgehead atoms. The second-order valence-corrected chi connectivity index (χ2v) is 4.63. The summed E-state index contributed by atoms with van der Waals surface area (Å²) < 4.78 is 0. The molecule has 0 heterocycles. The van der Waals surface area contributed by atoms with E-state index < -0.39 is 0 Å². The molecule has 0 saturated heterocycles. The van der Waals surface area contributed by atoms with Crippen LogP contribution in [0.15, 0.2) is 48.0 Å². The Hall–Kier alpha value is -1.42. The fourth-order valence-electron chi connectivity index (χ4n) is 1.23. The smallest absolute Gasteiger partial charge is 0.188 e. The van der Waals surface area contributed by atoms with Crippen LogP contribution in [0.3, 0.4) is 0 Å². The molecule has 0 aliphatic heterocycles. The molecule has 0 fully saturated rings. The highest BCUT2D eigenvalue weighted by Crippen LogP contribution is 2.00. The van der Waals surface area contributed by atoms with Crippen molar-refractivity contribution in [3.05, 3.63) is 48.6 Å². The molecule has 0 atom stereocenters. The van der Waals surface area contributed by atoms with Gasteiger partial charge in [-0.05, 0) is 5.56 Å². The van der Waals surface area contributed by atoms with Gasteiger partial charge in [0, 0.05) is 18.1 Å². The van der Waals surface area contributed by atoms with Gasteiger partial charge in [0.25, 0.3) is 0 Å². The zero-order valence-electron chi connectivity index (χ0n) is 9.93. The quantitative estimate of drug-likeness (QED) is 0.336. The molecular formula is C13H19N3S. The van der Waals surface area contributed by atoms with Crippen LogP contribution in [0, 0.1) is 0 Å². The number of benzene rings is 1. The number of thioether (sulfide) groups is 1. The van der Waals surface area contributed by atoms with Gasteiger partial charge in [-0.2, -0.15) is 11.8 Å².